The van der Waals surface area contributed by atoms with Crippen LogP contribution in [-0.2, 0) is 6.54 Å². The van der Waals surface area contributed by atoms with Crippen molar-refractivity contribution >= 4 is 5.91 Å². The molecule has 6 heteroatoms. The highest BCUT2D eigenvalue weighted by molar-refractivity contribution is 5.99. The van der Waals surface area contributed by atoms with Crippen LogP contribution in [0.2, 0.25) is 0 Å². The number of ether oxygens (including phenoxy) is 1. The van der Waals surface area contributed by atoms with E-state index in [1.807, 2.05) is 24.3 Å². The van der Waals surface area contributed by atoms with Crippen LogP contribution in [0.25, 0.3) is 11.3 Å². The summed E-state index contributed by atoms with van der Waals surface area (Å²) in [5.74, 6) is 1.19. The van der Waals surface area contributed by atoms with E-state index in [1.165, 1.54) is 6.20 Å². The molecule has 0 aliphatic rings. The molecule has 6 nitrogen and oxygen atoms in total. The molecule has 22 heavy (non-hydrogen) atoms. The molecule has 0 fully saturated rings. The molecule has 3 aromatic rings. The number of furan rings is 1. The number of methoxy groups -OCH3 is 1. The van der Waals surface area contributed by atoms with Gasteiger partial charge in [-0.15, -0.1) is 0 Å². The topological polar surface area (TPSA) is 80.1 Å². The molecule has 3 rings (SSSR count). The summed E-state index contributed by atoms with van der Waals surface area (Å²) in [5.41, 5.74) is 1.95. The number of amides is 1. The van der Waals surface area contributed by atoms with Crippen molar-refractivity contribution in [3.8, 4) is 17.0 Å². The molecule has 0 bridgehead atoms. The summed E-state index contributed by atoms with van der Waals surface area (Å²) < 4.78 is 10.4. The zero-order valence-corrected chi connectivity index (χ0v) is 12.0. The van der Waals surface area contributed by atoms with Crippen LogP contribution in [0.5, 0.6) is 5.75 Å². The molecule has 1 aromatic carbocycles. The van der Waals surface area contributed by atoms with Crippen LogP contribution in [0, 0.1) is 0 Å². The Kier molecular flexibility index (Phi) is 3.91. The second kappa shape index (κ2) is 6.17. The summed E-state index contributed by atoms with van der Waals surface area (Å²) in [6.45, 7) is 0.328. The van der Waals surface area contributed by atoms with Gasteiger partial charge < -0.3 is 14.5 Å². The fraction of sp³-hybridized carbons (Fsp3) is 0.125. The Morgan fingerprint density at radius 3 is 3.05 bits per heavy atom. The molecule has 0 saturated heterocycles. The van der Waals surface area contributed by atoms with Crippen LogP contribution in [0.1, 0.15) is 16.1 Å². The zero-order valence-electron chi connectivity index (χ0n) is 12.0. The Balaban J connectivity index is 1.80. The maximum atomic E-state index is 12.3. The van der Waals surface area contributed by atoms with E-state index in [1.54, 1.807) is 25.5 Å². The lowest BCUT2D eigenvalue weighted by atomic mass is 10.1. The van der Waals surface area contributed by atoms with Gasteiger partial charge in [0.15, 0.2) is 0 Å². The van der Waals surface area contributed by atoms with Crippen LogP contribution >= 0.6 is 0 Å². The van der Waals surface area contributed by atoms with Gasteiger partial charge in [-0.2, -0.15) is 5.10 Å². The van der Waals surface area contributed by atoms with Gasteiger partial charge in [-0.25, -0.2) is 0 Å². The quantitative estimate of drug-likeness (QED) is 0.758. The number of carbonyl (C=O) groups is 1. The largest absolute Gasteiger partial charge is 0.497 e. The predicted octanol–water partition coefficient (Wildman–Crippen LogP) is 2.61. The maximum absolute atomic E-state index is 12.3. The number of carbonyl (C=O) groups excluding carboxylic acids is 1. The number of H-pyrrole nitrogens is 1. The van der Waals surface area contributed by atoms with E-state index in [9.17, 15) is 4.79 Å². The molecular formula is C16H15N3O3. The lowest BCUT2D eigenvalue weighted by Crippen LogP contribution is -2.22. The van der Waals surface area contributed by atoms with E-state index < -0.39 is 0 Å². The number of aromatic nitrogens is 2. The molecule has 0 spiro atoms. The van der Waals surface area contributed by atoms with Crippen molar-refractivity contribution in [3.05, 3.63) is 60.2 Å². The SMILES string of the molecule is COc1cccc(-c2[nH]ncc2C(=O)NCc2ccco2)c1. The molecule has 1 amide bonds. The number of nitrogens with zero attached hydrogens (tertiary/aromatic N) is 1. The van der Waals surface area contributed by atoms with Gasteiger partial charge in [0.25, 0.3) is 5.91 Å². The van der Waals surface area contributed by atoms with Crippen LogP contribution in [0.3, 0.4) is 0 Å². The van der Waals surface area contributed by atoms with Crippen LogP contribution in [0.15, 0.2) is 53.3 Å². The Bertz CT molecular complexity index is 763. The fourth-order valence-corrected chi connectivity index (χ4v) is 2.13. The number of benzene rings is 1. The highest BCUT2D eigenvalue weighted by atomic mass is 16.5. The summed E-state index contributed by atoms with van der Waals surface area (Å²) in [4.78, 5) is 12.3. The van der Waals surface area contributed by atoms with Crippen LogP contribution in [0.4, 0.5) is 0 Å². The molecule has 2 N–H and O–H groups in total. The van der Waals surface area contributed by atoms with Gasteiger partial charge in [-0.1, -0.05) is 12.1 Å². The first-order valence-electron chi connectivity index (χ1n) is 6.76. The highest BCUT2D eigenvalue weighted by Gasteiger charge is 2.15. The van der Waals surface area contributed by atoms with E-state index in [2.05, 4.69) is 15.5 Å². The lowest BCUT2D eigenvalue weighted by Gasteiger charge is -2.06. The second-order valence-corrected chi connectivity index (χ2v) is 4.65. The number of hydrogen-bond acceptors (Lipinski definition) is 4. The van der Waals surface area contributed by atoms with E-state index in [-0.39, 0.29) is 5.91 Å². The molecule has 0 radical (unpaired) electrons. The number of aromatic amines is 1. The van der Waals surface area contributed by atoms with Gasteiger partial charge in [0.2, 0.25) is 0 Å². The average molecular weight is 297 g/mol. The third kappa shape index (κ3) is 2.85. The van der Waals surface area contributed by atoms with Crippen molar-refractivity contribution in [2.24, 2.45) is 0 Å². The lowest BCUT2D eigenvalue weighted by molar-refractivity contribution is 0.0948. The Morgan fingerprint density at radius 1 is 1.36 bits per heavy atom. The zero-order chi connectivity index (χ0) is 15.4. The first kappa shape index (κ1) is 13.9. The third-order valence-corrected chi connectivity index (χ3v) is 3.25. The van der Waals surface area contributed by atoms with Crippen LogP contribution in [-0.4, -0.2) is 23.2 Å². The second-order valence-electron chi connectivity index (χ2n) is 4.65. The van der Waals surface area contributed by atoms with E-state index in [0.717, 1.165) is 5.56 Å². The molecule has 0 aliphatic heterocycles. The summed E-state index contributed by atoms with van der Waals surface area (Å²) >= 11 is 0. The van der Waals surface area contributed by atoms with Gasteiger partial charge in [0.1, 0.15) is 11.5 Å². The molecule has 2 aromatic heterocycles. The van der Waals surface area contributed by atoms with E-state index >= 15 is 0 Å². The van der Waals surface area contributed by atoms with Crippen LogP contribution < -0.4 is 10.1 Å². The molecule has 2 heterocycles. The van der Waals surface area contributed by atoms with Crippen molar-refractivity contribution in [3.63, 3.8) is 0 Å². The van der Waals surface area contributed by atoms with E-state index in [0.29, 0.717) is 29.3 Å². The Labute approximate surface area is 127 Å². The minimum atomic E-state index is -0.219. The first-order valence-corrected chi connectivity index (χ1v) is 6.76. The maximum Gasteiger partial charge on any atom is 0.255 e. The summed E-state index contributed by atoms with van der Waals surface area (Å²) in [5, 5.41) is 9.63. The summed E-state index contributed by atoms with van der Waals surface area (Å²) in [7, 11) is 1.60. The summed E-state index contributed by atoms with van der Waals surface area (Å²) in [6, 6.07) is 11.0. The smallest absolute Gasteiger partial charge is 0.255 e. The first-order chi connectivity index (χ1) is 10.8. The highest BCUT2D eigenvalue weighted by Crippen LogP contribution is 2.24. The molecular weight excluding hydrogens is 282 g/mol. The summed E-state index contributed by atoms with van der Waals surface area (Å²) in [6.07, 6.45) is 3.08. The predicted molar refractivity (Wildman–Crippen MR) is 80.5 cm³/mol. The van der Waals surface area contributed by atoms with Crippen molar-refractivity contribution in [2.45, 2.75) is 6.54 Å². The standard InChI is InChI=1S/C16H15N3O3/c1-21-12-5-2-4-11(8-12)15-14(10-18-19-15)16(20)17-9-13-6-3-7-22-13/h2-8,10H,9H2,1H3,(H,17,20)(H,18,19). The van der Waals surface area contributed by atoms with Crippen molar-refractivity contribution < 1.29 is 13.9 Å². The molecule has 0 atom stereocenters. The van der Waals surface area contributed by atoms with Gasteiger partial charge >= 0.3 is 0 Å². The molecule has 0 aliphatic carbocycles. The average Bonchev–Trinajstić information content (AvgIpc) is 3.24. The van der Waals surface area contributed by atoms with Gasteiger partial charge in [0.05, 0.1) is 37.4 Å². The Hall–Kier alpha value is -3.02. The van der Waals surface area contributed by atoms with Gasteiger partial charge in [-0.05, 0) is 24.3 Å². The third-order valence-electron chi connectivity index (χ3n) is 3.25. The van der Waals surface area contributed by atoms with Crippen molar-refractivity contribution in [1.29, 1.82) is 0 Å². The Morgan fingerprint density at radius 2 is 2.27 bits per heavy atom. The van der Waals surface area contributed by atoms with Gasteiger partial charge in [-0.3, -0.25) is 9.89 Å². The van der Waals surface area contributed by atoms with Gasteiger partial charge in [0, 0.05) is 5.56 Å². The fourth-order valence-electron chi connectivity index (χ4n) is 2.13. The normalized spacial score (nSPS) is 10.4. The van der Waals surface area contributed by atoms with E-state index in [4.69, 9.17) is 9.15 Å². The molecule has 0 unspecified atom stereocenters. The minimum Gasteiger partial charge on any atom is -0.497 e. The number of nitrogens with one attached hydrogen (secondary N) is 2. The molecule has 112 valence electrons. The van der Waals surface area contributed by atoms with Crippen molar-refractivity contribution in [2.75, 3.05) is 7.11 Å². The minimum absolute atomic E-state index is 0.219. The monoisotopic (exact) mass is 297 g/mol. The number of rotatable bonds is 5. The van der Waals surface area contributed by atoms with Crippen molar-refractivity contribution in [1.82, 2.24) is 15.5 Å². The molecule has 0 saturated carbocycles. The number of hydrogen-bond donors (Lipinski definition) is 2.